The van der Waals surface area contributed by atoms with Gasteiger partial charge in [-0.25, -0.2) is 14.3 Å². The van der Waals surface area contributed by atoms with Gasteiger partial charge >= 0.3 is 5.97 Å². The lowest BCUT2D eigenvalue weighted by atomic mass is 10.1. The van der Waals surface area contributed by atoms with Gasteiger partial charge in [-0.1, -0.05) is 18.1 Å². The topological polar surface area (TPSA) is 144 Å². The quantitative estimate of drug-likeness (QED) is 0.252. The molecule has 0 radical (unpaired) electrons. The molecule has 4 rings (SSSR count). The molecule has 2 N–H and O–H groups in total. The van der Waals surface area contributed by atoms with E-state index in [1.54, 1.807) is 29.7 Å². The van der Waals surface area contributed by atoms with Gasteiger partial charge in [0.2, 0.25) is 5.95 Å². The largest absolute Gasteiger partial charge is 0.497 e. The summed E-state index contributed by atoms with van der Waals surface area (Å²) in [4.78, 5) is 59.5. The molecule has 1 aromatic carbocycles. The normalized spacial score (nSPS) is 15.2. The van der Waals surface area contributed by atoms with E-state index in [4.69, 9.17) is 15.2 Å². The van der Waals surface area contributed by atoms with E-state index in [-0.39, 0.29) is 29.2 Å². The monoisotopic (exact) mass is 522 g/mol. The summed E-state index contributed by atoms with van der Waals surface area (Å²) < 4.78 is 13.4. The number of benzene rings is 1. The second-order valence-electron chi connectivity index (χ2n) is 8.93. The maximum Gasteiger partial charge on any atom is 0.327 e. The van der Waals surface area contributed by atoms with Gasteiger partial charge in [0.15, 0.2) is 11.3 Å². The van der Waals surface area contributed by atoms with Crippen LogP contribution < -0.4 is 26.5 Å². The van der Waals surface area contributed by atoms with Crippen LogP contribution in [0, 0.1) is 11.8 Å². The van der Waals surface area contributed by atoms with Crippen molar-refractivity contribution in [2.24, 2.45) is 5.73 Å². The number of anilines is 1. The lowest BCUT2D eigenvalue weighted by molar-refractivity contribution is -0.141. The van der Waals surface area contributed by atoms with Gasteiger partial charge in [-0.15, -0.1) is 5.92 Å². The number of rotatable bonds is 8. The van der Waals surface area contributed by atoms with E-state index in [9.17, 15) is 19.2 Å². The second-order valence-corrected chi connectivity index (χ2v) is 8.93. The Labute approximate surface area is 218 Å². The minimum absolute atomic E-state index is 0.00597. The minimum atomic E-state index is -0.757. The molecule has 38 heavy (non-hydrogen) atoms. The van der Waals surface area contributed by atoms with Crippen LogP contribution >= 0.6 is 0 Å². The molecule has 12 heteroatoms. The van der Waals surface area contributed by atoms with Crippen LogP contribution in [0.2, 0.25) is 0 Å². The van der Waals surface area contributed by atoms with Crippen molar-refractivity contribution >= 4 is 28.7 Å². The molecule has 1 saturated heterocycles. The van der Waals surface area contributed by atoms with Crippen molar-refractivity contribution in [3.8, 4) is 17.6 Å². The lowest BCUT2D eigenvalue weighted by Crippen LogP contribution is -2.44. The highest BCUT2D eigenvalue weighted by molar-refractivity contribution is 5.96. The molecule has 1 aliphatic heterocycles. The fourth-order valence-electron chi connectivity index (χ4n) is 4.54. The van der Waals surface area contributed by atoms with Crippen molar-refractivity contribution in [2.45, 2.75) is 45.4 Å². The number of fused-ring (bicyclic) bond motifs is 1. The van der Waals surface area contributed by atoms with Crippen LogP contribution in [0.3, 0.4) is 0 Å². The summed E-state index contributed by atoms with van der Waals surface area (Å²) in [6, 6.07) is 6.36. The Kier molecular flexibility index (Phi) is 7.97. The van der Waals surface area contributed by atoms with E-state index in [0.29, 0.717) is 24.8 Å². The van der Waals surface area contributed by atoms with Crippen LogP contribution in [0.25, 0.3) is 11.0 Å². The molecule has 0 spiro atoms. The first kappa shape index (κ1) is 26.7. The molecule has 2 aromatic heterocycles. The number of nitrogens with zero attached hydrogens (tertiary/aromatic N) is 5. The van der Waals surface area contributed by atoms with E-state index in [1.807, 2.05) is 4.90 Å². The van der Waals surface area contributed by atoms with E-state index in [2.05, 4.69) is 16.8 Å². The number of hydrogen-bond acceptors (Lipinski definition) is 9. The number of piperidine rings is 1. The summed E-state index contributed by atoms with van der Waals surface area (Å²) in [5, 5.41) is 0. The predicted molar refractivity (Wildman–Crippen MR) is 140 cm³/mol. The highest BCUT2D eigenvalue weighted by atomic mass is 16.5. The van der Waals surface area contributed by atoms with Crippen LogP contribution in [-0.2, 0) is 29.2 Å². The molecule has 0 amide bonds. The van der Waals surface area contributed by atoms with Crippen molar-refractivity contribution < 1.29 is 19.1 Å². The molecule has 1 fully saturated rings. The molecular formula is C26H30N6O6. The number of ketones is 1. The highest BCUT2D eigenvalue weighted by Crippen LogP contribution is 2.22. The number of hydrogen-bond donors (Lipinski definition) is 1. The van der Waals surface area contributed by atoms with Crippen molar-refractivity contribution in [1.82, 2.24) is 18.9 Å². The first-order valence-electron chi connectivity index (χ1n) is 12.2. The Morgan fingerprint density at radius 1 is 1.16 bits per heavy atom. The molecule has 1 aliphatic rings. The summed E-state index contributed by atoms with van der Waals surface area (Å²) in [5.74, 6) is 5.39. The SMILES string of the molecule is CC#CCn1c(N2CCCC(N)C2)nc2c(=O)n(CC(=O)OC)n(CC(=O)c3cccc(OC)c3)c(=O)c21. The van der Waals surface area contributed by atoms with Gasteiger partial charge < -0.3 is 20.1 Å². The lowest BCUT2D eigenvalue weighted by Gasteiger charge is -2.31. The Balaban J connectivity index is 1.94. The fraction of sp³-hybridized carbons (Fsp3) is 0.423. The Bertz CT molecular complexity index is 1560. The zero-order valence-corrected chi connectivity index (χ0v) is 21.6. The zero-order chi connectivity index (χ0) is 27.4. The van der Waals surface area contributed by atoms with Crippen LogP contribution in [0.4, 0.5) is 5.95 Å². The molecule has 12 nitrogen and oxygen atoms in total. The number of ether oxygens (including phenoxy) is 2. The molecule has 0 aliphatic carbocycles. The highest BCUT2D eigenvalue weighted by Gasteiger charge is 2.28. The van der Waals surface area contributed by atoms with Gasteiger partial charge in [-0.2, -0.15) is 0 Å². The Morgan fingerprint density at radius 2 is 1.92 bits per heavy atom. The number of carbonyl (C=O) groups excluding carboxylic acids is 2. The van der Waals surface area contributed by atoms with Gasteiger partial charge in [0.25, 0.3) is 11.1 Å². The number of carbonyl (C=O) groups is 2. The summed E-state index contributed by atoms with van der Waals surface area (Å²) in [5.41, 5.74) is 5.00. The summed E-state index contributed by atoms with van der Waals surface area (Å²) >= 11 is 0. The number of methoxy groups -OCH3 is 2. The number of Topliss-reactive ketones (excluding diaryl/α,β-unsaturated/α-hetero) is 1. The summed E-state index contributed by atoms with van der Waals surface area (Å²) in [6.07, 6.45) is 1.69. The first-order valence-corrected chi connectivity index (χ1v) is 12.2. The maximum absolute atomic E-state index is 13.9. The fourth-order valence-corrected chi connectivity index (χ4v) is 4.54. The Hall–Kier alpha value is -4.37. The number of esters is 1. The van der Waals surface area contributed by atoms with Crippen molar-refractivity contribution in [2.75, 3.05) is 32.2 Å². The molecule has 3 heterocycles. The third-order valence-electron chi connectivity index (χ3n) is 6.46. The van der Waals surface area contributed by atoms with Crippen LogP contribution in [0.1, 0.15) is 30.1 Å². The smallest absolute Gasteiger partial charge is 0.327 e. The first-order chi connectivity index (χ1) is 18.3. The standard InChI is InChI=1S/C26H30N6O6/c1-4-5-12-30-23-22(28-26(30)29-11-7-9-18(27)14-29)24(35)32(16-21(34)38-3)31(25(23)36)15-20(33)17-8-6-10-19(13-17)37-2/h6,8,10,13,18H,7,9,11-12,14-16,27H2,1-3H3. The molecule has 1 unspecified atom stereocenters. The number of nitrogens with two attached hydrogens (primary N) is 1. The zero-order valence-electron chi connectivity index (χ0n) is 21.6. The van der Waals surface area contributed by atoms with Crippen molar-refractivity contribution in [1.29, 1.82) is 0 Å². The molecule has 0 bridgehead atoms. The van der Waals surface area contributed by atoms with E-state index in [0.717, 1.165) is 22.2 Å². The van der Waals surface area contributed by atoms with Gasteiger partial charge in [0.05, 0.1) is 20.8 Å². The third kappa shape index (κ3) is 5.19. The van der Waals surface area contributed by atoms with Crippen LogP contribution in [0.5, 0.6) is 5.75 Å². The average molecular weight is 523 g/mol. The van der Waals surface area contributed by atoms with E-state index >= 15 is 0 Å². The van der Waals surface area contributed by atoms with E-state index < -0.39 is 36.0 Å². The van der Waals surface area contributed by atoms with Crippen molar-refractivity contribution in [3.63, 3.8) is 0 Å². The molecular weight excluding hydrogens is 492 g/mol. The average Bonchev–Trinajstić information content (AvgIpc) is 3.32. The molecule has 3 aromatic rings. The van der Waals surface area contributed by atoms with Crippen molar-refractivity contribution in [3.05, 3.63) is 50.5 Å². The third-order valence-corrected chi connectivity index (χ3v) is 6.46. The molecule has 1 atom stereocenters. The van der Waals surface area contributed by atoms with Gasteiger partial charge in [0.1, 0.15) is 24.4 Å². The summed E-state index contributed by atoms with van der Waals surface area (Å²) in [7, 11) is 2.65. The Morgan fingerprint density at radius 3 is 2.61 bits per heavy atom. The maximum atomic E-state index is 13.9. The minimum Gasteiger partial charge on any atom is -0.497 e. The number of imidazole rings is 1. The number of aromatic nitrogens is 4. The summed E-state index contributed by atoms with van der Waals surface area (Å²) in [6.45, 7) is 1.86. The second kappa shape index (κ2) is 11.4. The van der Waals surface area contributed by atoms with E-state index in [1.165, 1.54) is 20.3 Å². The van der Waals surface area contributed by atoms with Crippen LogP contribution in [0.15, 0.2) is 33.9 Å². The molecule has 200 valence electrons. The predicted octanol–water partition coefficient (Wildman–Crippen LogP) is 0.375. The van der Waals surface area contributed by atoms with Gasteiger partial charge in [0, 0.05) is 24.7 Å². The molecule has 0 saturated carbocycles. The van der Waals surface area contributed by atoms with Gasteiger partial charge in [-0.3, -0.25) is 23.7 Å². The van der Waals surface area contributed by atoms with Crippen LogP contribution in [-0.4, -0.2) is 64.0 Å². The van der Waals surface area contributed by atoms with Gasteiger partial charge in [-0.05, 0) is 31.9 Å².